The lowest BCUT2D eigenvalue weighted by molar-refractivity contribution is -0.128. The summed E-state index contributed by atoms with van der Waals surface area (Å²) >= 11 is 5.96. The molecule has 4 rings (SSSR count). The Morgan fingerprint density at radius 3 is 2.52 bits per heavy atom. The van der Waals surface area contributed by atoms with Gasteiger partial charge in [0.1, 0.15) is 0 Å². The van der Waals surface area contributed by atoms with E-state index >= 15 is 0 Å². The van der Waals surface area contributed by atoms with Crippen LogP contribution in [-0.4, -0.2) is 45.1 Å². The van der Waals surface area contributed by atoms with Crippen molar-refractivity contribution in [2.45, 2.75) is 45.8 Å². The van der Waals surface area contributed by atoms with E-state index in [9.17, 15) is 4.79 Å². The summed E-state index contributed by atoms with van der Waals surface area (Å²) in [5.41, 5.74) is 2.59. The first-order chi connectivity index (χ1) is 13.0. The van der Waals surface area contributed by atoms with Crippen LogP contribution in [0.4, 0.5) is 0 Å². The quantitative estimate of drug-likeness (QED) is 0.788. The highest BCUT2D eigenvalue weighted by Crippen LogP contribution is 2.41. The van der Waals surface area contributed by atoms with Crippen molar-refractivity contribution in [3.05, 3.63) is 52.8 Å². The van der Waals surface area contributed by atoms with Gasteiger partial charge in [-0.1, -0.05) is 23.7 Å². The fraction of sp³-hybridized carbons (Fsp3) is 0.524. The number of aromatic nitrogens is 2. The molecule has 0 bridgehead atoms. The number of likely N-dealkylation sites (tertiary alicyclic amines) is 2. The zero-order valence-corrected chi connectivity index (χ0v) is 16.7. The van der Waals surface area contributed by atoms with Crippen LogP contribution in [0.3, 0.4) is 0 Å². The molecule has 0 aliphatic carbocycles. The summed E-state index contributed by atoms with van der Waals surface area (Å²) in [5.74, 6) is 0.294. The van der Waals surface area contributed by atoms with Crippen LogP contribution in [0, 0.1) is 5.41 Å². The van der Waals surface area contributed by atoms with Crippen LogP contribution in [0.1, 0.15) is 37.3 Å². The molecule has 6 heteroatoms. The van der Waals surface area contributed by atoms with E-state index in [0.717, 1.165) is 56.2 Å². The van der Waals surface area contributed by atoms with E-state index < -0.39 is 0 Å². The maximum Gasteiger partial charge on any atom is 0.223 e. The third-order valence-corrected chi connectivity index (χ3v) is 6.28. The maximum absolute atomic E-state index is 12.6. The van der Waals surface area contributed by atoms with Gasteiger partial charge >= 0.3 is 0 Å². The third-order valence-electron chi connectivity index (χ3n) is 6.03. The first kappa shape index (κ1) is 18.5. The molecule has 0 N–H and O–H groups in total. The fourth-order valence-corrected chi connectivity index (χ4v) is 4.50. The Bertz CT molecular complexity index is 793. The molecule has 5 nitrogen and oxygen atoms in total. The van der Waals surface area contributed by atoms with Gasteiger partial charge in [0.15, 0.2) is 0 Å². The number of hydrogen-bond acceptors (Lipinski definition) is 3. The number of amides is 1. The van der Waals surface area contributed by atoms with Crippen molar-refractivity contribution in [2.24, 2.45) is 5.41 Å². The average Bonchev–Trinajstić information content (AvgIpc) is 3.24. The Hall–Kier alpha value is -1.85. The van der Waals surface area contributed by atoms with Gasteiger partial charge in [0.05, 0.1) is 6.20 Å². The van der Waals surface area contributed by atoms with Gasteiger partial charge in [-0.2, -0.15) is 5.10 Å². The number of hydrogen-bond donors (Lipinski definition) is 0. The Kier molecular flexibility index (Phi) is 5.24. The lowest BCUT2D eigenvalue weighted by Gasteiger charge is -2.38. The van der Waals surface area contributed by atoms with Crippen molar-refractivity contribution in [3.63, 3.8) is 0 Å². The SMILES string of the molecule is CCn1cc(CN2CCC3(CC2)CC(=O)N(Cc2ccc(Cl)cc2)C3)cn1. The first-order valence-corrected chi connectivity index (χ1v) is 10.2. The molecule has 2 fully saturated rings. The molecule has 0 atom stereocenters. The van der Waals surface area contributed by atoms with Crippen LogP contribution in [-0.2, 0) is 24.4 Å². The molecule has 1 aromatic carbocycles. The lowest BCUT2D eigenvalue weighted by Crippen LogP contribution is -2.41. The number of nitrogens with zero attached hydrogens (tertiary/aromatic N) is 4. The Morgan fingerprint density at radius 2 is 1.85 bits per heavy atom. The third kappa shape index (κ3) is 4.19. The number of aryl methyl sites for hydroxylation is 1. The molecule has 1 amide bonds. The van der Waals surface area contributed by atoms with Crippen LogP contribution < -0.4 is 0 Å². The molecule has 144 valence electrons. The van der Waals surface area contributed by atoms with Crippen molar-refractivity contribution in [1.82, 2.24) is 19.6 Å². The molecule has 1 aromatic heterocycles. The van der Waals surface area contributed by atoms with Gasteiger partial charge in [-0.25, -0.2) is 0 Å². The standard InChI is InChI=1S/C21H27ClN4O/c1-2-26-15-18(12-23-26)13-24-9-7-21(8-10-24)11-20(27)25(16-21)14-17-3-5-19(22)6-4-17/h3-6,12,15H,2,7-11,13-14,16H2,1H3. The second-order valence-corrected chi connectivity index (χ2v) is 8.47. The molecule has 1 spiro atoms. The highest BCUT2D eigenvalue weighted by atomic mass is 35.5. The van der Waals surface area contributed by atoms with Gasteiger partial charge < -0.3 is 4.90 Å². The van der Waals surface area contributed by atoms with E-state index in [1.54, 1.807) is 0 Å². The minimum absolute atomic E-state index is 0.160. The summed E-state index contributed by atoms with van der Waals surface area (Å²) in [6.45, 7) is 7.66. The normalized spacial score (nSPS) is 19.9. The zero-order valence-electron chi connectivity index (χ0n) is 15.9. The van der Waals surface area contributed by atoms with Crippen molar-refractivity contribution in [3.8, 4) is 0 Å². The molecule has 3 heterocycles. The van der Waals surface area contributed by atoms with Crippen LogP contribution in [0.2, 0.25) is 5.02 Å². The monoisotopic (exact) mass is 386 g/mol. The van der Waals surface area contributed by atoms with Gasteiger partial charge in [-0.15, -0.1) is 0 Å². The van der Waals surface area contributed by atoms with Crippen LogP contribution in [0.15, 0.2) is 36.7 Å². The Balaban J connectivity index is 1.32. The van der Waals surface area contributed by atoms with Crippen LogP contribution in [0.5, 0.6) is 0 Å². The van der Waals surface area contributed by atoms with Crippen LogP contribution >= 0.6 is 11.6 Å². The second kappa shape index (κ2) is 7.64. The smallest absolute Gasteiger partial charge is 0.223 e. The molecule has 0 unspecified atom stereocenters. The molecule has 0 saturated carbocycles. The summed E-state index contributed by atoms with van der Waals surface area (Å²) < 4.78 is 1.98. The van der Waals surface area contributed by atoms with Crippen LogP contribution in [0.25, 0.3) is 0 Å². The maximum atomic E-state index is 12.6. The number of rotatable bonds is 5. The van der Waals surface area contributed by atoms with Gasteiger partial charge in [-0.3, -0.25) is 14.4 Å². The molecular weight excluding hydrogens is 360 g/mol. The Labute approximate surface area is 165 Å². The number of benzene rings is 1. The average molecular weight is 387 g/mol. The van der Waals surface area contributed by atoms with E-state index in [4.69, 9.17) is 11.6 Å². The Morgan fingerprint density at radius 1 is 1.11 bits per heavy atom. The molecule has 2 aromatic rings. The lowest BCUT2D eigenvalue weighted by atomic mass is 9.77. The first-order valence-electron chi connectivity index (χ1n) is 9.81. The number of carbonyl (C=O) groups excluding carboxylic acids is 1. The van der Waals surface area contributed by atoms with E-state index in [2.05, 4.69) is 23.1 Å². The zero-order chi connectivity index (χ0) is 18.9. The second-order valence-electron chi connectivity index (χ2n) is 8.03. The molecule has 2 aliphatic heterocycles. The number of halogens is 1. The van der Waals surface area contributed by atoms with Gasteiger partial charge in [0.2, 0.25) is 5.91 Å². The van der Waals surface area contributed by atoms with Crippen molar-refractivity contribution < 1.29 is 4.79 Å². The summed E-state index contributed by atoms with van der Waals surface area (Å²) in [4.78, 5) is 17.1. The van der Waals surface area contributed by atoms with Gasteiger partial charge in [0, 0.05) is 49.4 Å². The van der Waals surface area contributed by atoms with Gasteiger partial charge in [0.25, 0.3) is 0 Å². The van der Waals surface area contributed by atoms with E-state index in [-0.39, 0.29) is 5.41 Å². The molecule has 2 aliphatic rings. The summed E-state index contributed by atoms with van der Waals surface area (Å²) in [6, 6.07) is 7.82. The van der Waals surface area contributed by atoms with E-state index in [1.807, 2.05) is 40.0 Å². The molecule has 2 saturated heterocycles. The van der Waals surface area contributed by atoms with Crippen molar-refractivity contribution in [2.75, 3.05) is 19.6 Å². The molecule has 0 radical (unpaired) electrons. The molecular formula is C21H27ClN4O. The number of carbonyl (C=O) groups is 1. The molecule has 27 heavy (non-hydrogen) atoms. The van der Waals surface area contributed by atoms with E-state index in [0.29, 0.717) is 18.9 Å². The minimum atomic E-state index is 0.160. The van der Waals surface area contributed by atoms with Gasteiger partial charge in [-0.05, 0) is 56.0 Å². The predicted octanol–water partition coefficient (Wildman–Crippen LogP) is 3.57. The highest BCUT2D eigenvalue weighted by molar-refractivity contribution is 6.30. The summed E-state index contributed by atoms with van der Waals surface area (Å²) in [5, 5.41) is 5.10. The van der Waals surface area contributed by atoms with Crippen molar-refractivity contribution in [1.29, 1.82) is 0 Å². The minimum Gasteiger partial charge on any atom is -0.338 e. The summed E-state index contributed by atoms with van der Waals surface area (Å²) in [6.07, 6.45) is 7.00. The highest BCUT2D eigenvalue weighted by Gasteiger charge is 2.44. The predicted molar refractivity (Wildman–Crippen MR) is 106 cm³/mol. The number of piperidine rings is 1. The largest absolute Gasteiger partial charge is 0.338 e. The fourth-order valence-electron chi connectivity index (χ4n) is 4.38. The topological polar surface area (TPSA) is 41.4 Å². The van der Waals surface area contributed by atoms with Crippen molar-refractivity contribution >= 4 is 17.5 Å². The van der Waals surface area contributed by atoms with E-state index in [1.165, 1.54) is 5.56 Å². The summed E-state index contributed by atoms with van der Waals surface area (Å²) in [7, 11) is 0.